The lowest BCUT2D eigenvalue weighted by Crippen LogP contribution is -2.41. The number of carbonyl (C=O) groups is 1. The van der Waals surface area contributed by atoms with Crippen LogP contribution in [-0.2, 0) is 4.79 Å². The third-order valence-corrected chi connectivity index (χ3v) is 4.73. The van der Waals surface area contributed by atoms with Gasteiger partial charge in [0.1, 0.15) is 5.75 Å². The summed E-state index contributed by atoms with van der Waals surface area (Å²) in [7, 11) is 0. The van der Waals surface area contributed by atoms with Crippen molar-refractivity contribution in [2.24, 2.45) is 11.8 Å². The molecule has 5 heteroatoms. The van der Waals surface area contributed by atoms with Gasteiger partial charge in [-0.15, -0.1) is 12.4 Å². The molecular formula is C17H25ClN2O2. The highest BCUT2D eigenvalue weighted by atomic mass is 35.5. The molecule has 22 heavy (non-hydrogen) atoms. The number of hydrogen-bond acceptors (Lipinski definition) is 3. The molecule has 0 saturated carbocycles. The minimum absolute atomic E-state index is 0. The van der Waals surface area contributed by atoms with Crippen molar-refractivity contribution in [1.29, 1.82) is 0 Å². The monoisotopic (exact) mass is 324 g/mol. The number of nitrogens with zero attached hydrogens (tertiary/aromatic N) is 1. The maximum absolute atomic E-state index is 12.6. The number of hydrogen-bond donors (Lipinski definition) is 1. The van der Waals surface area contributed by atoms with Crippen LogP contribution in [0.4, 0.5) is 0 Å². The van der Waals surface area contributed by atoms with Gasteiger partial charge in [-0.05, 0) is 56.8 Å². The third kappa shape index (κ3) is 3.93. The molecule has 2 aliphatic heterocycles. The first-order valence-corrected chi connectivity index (χ1v) is 7.95. The molecule has 0 bridgehead atoms. The van der Waals surface area contributed by atoms with Gasteiger partial charge >= 0.3 is 0 Å². The average molecular weight is 325 g/mol. The van der Waals surface area contributed by atoms with Crippen molar-refractivity contribution < 1.29 is 9.53 Å². The molecule has 2 aliphatic rings. The molecule has 1 amide bonds. The fourth-order valence-corrected chi connectivity index (χ4v) is 3.45. The molecule has 2 heterocycles. The fraction of sp³-hybridized carbons (Fsp3) is 0.588. The molecule has 0 spiro atoms. The molecule has 2 fully saturated rings. The van der Waals surface area contributed by atoms with E-state index in [4.69, 9.17) is 4.74 Å². The summed E-state index contributed by atoms with van der Waals surface area (Å²) >= 11 is 0. The van der Waals surface area contributed by atoms with Crippen LogP contribution in [0, 0.1) is 11.8 Å². The summed E-state index contributed by atoms with van der Waals surface area (Å²) in [6.07, 6.45) is 1.81. The predicted octanol–water partition coefficient (Wildman–Crippen LogP) is 2.33. The zero-order valence-electron chi connectivity index (χ0n) is 13.0. The van der Waals surface area contributed by atoms with E-state index in [2.05, 4.69) is 5.32 Å². The van der Waals surface area contributed by atoms with Gasteiger partial charge in [-0.1, -0.05) is 18.2 Å². The molecule has 122 valence electrons. The van der Waals surface area contributed by atoms with Crippen LogP contribution in [0.5, 0.6) is 5.75 Å². The highest BCUT2D eigenvalue weighted by molar-refractivity contribution is 5.85. The number of ether oxygens (including phenoxy) is 1. The Hall–Kier alpha value is -1.26. The summed E-state index contributed by atoms with van der Waals surface area (Å²) < 4.78 is 5.76. The van der Waals surface area contributed by atoms with Gasteiger partial charge in [-0.2, -0.15) is 0 Å². The number of carbonyl (C=O) groups excluding carboxylic acids is 1. The van der Waals surface area contributed by atoms with Gasteiger partial charge in [0.2, 0.25) is 0 Å². The first-order chi connectivity index (χ1) is 10.2. The van der Waals surface area contributed by atoms with Gasteiger partial charge in [0.15, 0.2) is 6.10 Å². The van der Waals surface area contributed by atoms with Gasteiger partial charge in [0, 0.05) is 13.1 Å². The lowest BCUT2D eigenvalue weighted by molar-refractivity contribution is -0.137. The van der Waals surface area contributed by atoms with Gasteiger partial charge in [-0.3, -0.25) is 4.79 Å². The van der Waals surface area contributed by atoms with Crippen molar-refractivity contribution >= 4 is 18.3 Å². The Bertz CT molecular complexity index is 469. The summed E-state index contributed by atoms with van der Waals surface area (Å²) in [5, 5.41) is 3.46. The van der Waals surface area contributed by atoms with Gasteiger partial charge in [0.25, 0.3) is 5.91 Å². The Balaban J connectivity index is 0.00000176. The van der Waals surface area contributed by atoms with Crippen molar-refractivity contribution in [3.05, 3.63) is 30.3 Å². The van der Waals surface area contributed by atoms with Crippen LogP contribution in [0.2, 0.25) is 0 Å². The SMILES string of the molecule is CC(Oc1ccccc1)C(=O)N1CC[C@@H]2CNC[C@@H]2CC1.Cl. The number of halogens is 1. The Labute approximate surface area is 138 Å². The second-order valence-corrected chi connectivity index (χ2v) is 6.15. The minimum atomic E-state index is -0.413. The van der Waals surface area contributed by atoms with Gasteiger partial charge < -0.3 is 15.0 Å². The van der Waals surface area contributed by atoms with E-state index in [0.717, 1.165) is 56.6 Å². The number of fused-ring (bicyclic) bond motifs is 1. The summed E-state index contributed by atoms with van der Waals surface area (Å²) in [4.78, 5) is 14.6. The standard InChI is InChI=1S/C17H24N2O2.ClH/c1-13(21-16-5-3-2-4-6-16)17(20)19-9-7-14-11-18-12-15(14)8-10-19;/h2-6,13-15,18H,7-12H2,1H3;1H/t13?,14-,15+;. The Morgan fingerprint density at radius 1 is 1.18 bits per heavy atom. The summed E-state index contributed by atoms with van der Waals surface area (Å²) in [6.45, 7) is 5.81. The van der Waals surface area contributed by atoms with E-state index in [1.165, 1.54) is 0 Å². The van der Waals surface area contributed by atoms with Crippen LogP contribution in [0.1, 0.15) is 19.8 Å². The first-order valence-electron chi connectivity index (χ1n) is 7.95. The first kappa shape index (κ1) is 17.1. The molecular weight excluding hydrogens is 300 g/mol. The van der Waals surface area contributed by atoms with Crippen LogP contribution in [0.3, 0.4) is 0 Å². The smallest absolute Gasteiger partial charge is 0.263 e. The van der Waals surface area contributed by atoms with E-state index in [1.54, 1.807) is 0 Å². The van der Waals surface area contributed by atoms with Crippen LogP contribution in [-0.4, -0.2) is 43.1 Å². The Morgan fingerprint density at radius 2 is 1.77 bits per heavy atom. The van der Waals surface area contributed by atoms with Crippen molar-refractivity contribution in [2.45, 2.75) is 25.9 Å². The van der Waals surface area contributed by atoms with Crippen LogP contribution in [0.25, 0.3) is 0 Å². The third-order valence-electron chi connectivity index (χ3n) is 4.73. The van der Waals surface area contributed by atoms with Crippen LogP contribution < -0.4 is 10.1 Å². The van der Waals surface area contributed by atoms with E-state index in [0.29, 0.717) is 0 Å². The summed E-state index contributed by atoms with van der Waals surface area (Å²) in [5.41, 5.74) is 0. The molecule has 0 aliphatic carbocycles. The second-order valence-electron chi connectivity index (χ2n) is 6.15. The molecule has 3 rings (SSSR count). The van der Waals surface area contributed by atoms with E-state index < -0.39 is 6.10 Å². The van der Waals surface area contributed by atoms with E-state index in [1.807, 2.05) is 42.2 Å². The lowest BCUT2D eigenvalue weighted by Gasteiger charge is -2.25. The van der Waals surface area contributed by atoms with Crippen LogP contribution in [0.15, 0.2) is 30.3 Å². The molecule has 0 radical (unpaired) electrons. The van der Waals surface area contributed by atoms with Crippen molar-refractivity contribution in [3.63, 3.8) is 0 Å². The van der Waals surface area contributed by atoms with Crippen molar-refractivity contribution in [2.75, 3.05) is 26.2 Å². The highest BCUT2D eigenvalue weighted by Gasteiger charge is 2.32. The Morgan fingerprint density at radius 3 is 2.36 bits per heavy atom. The molecule has 2 saturated heterocycles. The molecule has 1 aromatic rings. The highest BCUT2D eigenvalue weighted by Crippen LogP contribution is 2.27. The predicted molar refractivity (Wildman–Crippen MR) is 89.4 cm³/mol. The molecule has 3 atom stereocenters. The van der Waals surface area contributed by atoms with E-state index in [-0.39, 0.29) is 18.3 Å². The van der Waals surface area contributed by atoms with Gasteiger partial charge in [-0.25, -0.2) is 0 Å². The second kappa shape index (κ2) is 7.84. The quantitative estimate of drug-likeness (QED) is 0.928. The normalized spacial score (nSPS) is 25.6. The number of amides is 1. The molecule has 0 aromatic heterocycles. The number of likely N-dealkylation sites (tertiary alicyclic amines) is 1. The summed E-state index contributed by atoms with van der Waals surface area (Å²) in [6, 6.07) is 9.57. The molecule has 4 nitrogen and oxygen atoms in total. The average Bonchev–Trinajstić information content (AvgIpc) is 2.86. The molecule has 1 unspecified atom stereocenters. The van der Waals surface area contributed by atoms with Crippen molar-refractivity contribution in [3.8, 4) is 5.75 Å². The molecule has 1 aromatic carbocycles. The number of para-hydroxylation sites is 1. The minimum Gasteiger partial charge on any atom is -0.481 e. The molecule has 1 N–H and O–H groups in total. The van der Waals surface area contributed by atoms with Crippen LogP contribution >= 0.6 is 12.4 Å². The Kier molecular flexibility index (Phi) is 6.09. The van der Waals surface area contributed by atoms with E-state index in [9.17, 15) is 4.79 Å². The topological polar surface area (TPSA) is 41.6 Å². The summed E-state index contributed by atoms with van der Waals surface area (Å²) in [5.74, 6) is 2.36. The van der Waals surface area contributed by atoms with Crippen molar-refractivity contribution in [1.82, 2.24) is 10.2 Å². The maximum atomic E-state index is 12.6. The zero-order valence-corrected chi connectivity index (χ0v) is 13.8. The largest absolute Gasteiger partial charge is 0.481 e. The number of nitrogens with one attached hydrogen (secondary N) is 1. The van der Waals surface area contributed by atoms with E-state index >= 15 is 0 Å². The number of benzene rings is 1. The van der Waals surface area contributed by atoms with Gasteiger partial charge in [0.05, 0.1) is 0 Å². The zero-order chi connectivity index (χ0) is 14.7. The maximum Gasteiger partial charge on any atom is 0.263 e. The number of rotatable bonds is 3. The lowest BCUT2D eigenvalue weighted by atomic mass is 9.92. The fourth-order valence-electron chi connectivity index (χ4n) is 3.45.